The van der Waals surface area contributed by atoms with Crippen LogP contribution in [0.25, 0.3) is 0 Å². The Morgan fingerprint density at radius 2 is 1.89 bits per heavy atom. The molecule has 0 saturated carbocycles. The first-order valence-electron chi connectivity index (χ1n) is 8.54. The number of carbonyl (C=O) groups excluding carboxylic acids is 1. The molecular weight excluding hydrogens is 379 g/mol. The molecule has 1 atom stereocenters. The molecule has 0 radical (unpaired) electrons. The number of rotatable bonds is 5. The lowest BCUT2D eigenvalue weighted by molar-refractivity contribution is -0.141. The number of nitrogens with one attached hydrogen (secondary N) is 2. The third kappa shape index (κ3) is 5.25. The van der Waals surface area contributed by atoms with E-state index >= 15 is 0 Å². The molecule has 2 aromatic rings. The van der Waals surface area contributed by atoms with Gasteiger partial charge >= 0.3 is 6.18 Å². The van der Waals surface area contributed by atoms with Gasteiger partial charge in [-0.05, 0) is 29.4 Å². The highest BCUT2D eigenvalue weighted by atomic mass is 35.5. The number of aromatic amines is 1. The number of anilines is 1. The predicted octanol–water partition coefficient (Wildman–Crippen LogP) is 5.96. The van der Waals surface area contributed by atoms with Crippen LogP contribution in [0.3, 0.4) is 0 Å². The third-order valence-electron chi connectivity index (χ3n) is 4.13. The molecule has 0 aliphatic rings. The number of carbonyl (C=O) groups is 1. The SMILES string of the molecule is CC(CC(C)(C)C)c1ccccc1NC(=O)c1c(C(F)(F)F)n[nH]c1CCl. The van der Waals surface area contributed by atoms with Crippen LogP contribution in [0, 0.1) is 5.41 Å². The van der Waals surface area contributed by atoms with E-state index in [-0.39, 0.29) is 22.9 Å². The minimum Gasteiger partial charge on any atom is -0.322 e. The van der Waals surface area contributed by atoms with Crippen molar-refractivity contribution in [3.8, 4) is 0 Å². The molecule has 0 aliphatic carbocycles. The van der Waals surface area contributed by atoms with Gasteiger partial charge in [0.2, 0.25) is 0 Å². The first kappa shape index (κ1) is 21.3. The number of aromatic nitrogens is 2. The molecule has 0 bridgehead atoms. The number of nitrogens with zero attached hydrogens (tertiary/aromatic N) is 1. The van der Waals surface area contributed by atoms with Crippen molar-refractivity contribution in [2.24, 2.45) is 5.41 Å². The Kier molecular flexibility index (Phi) is 6.24. The van der Waals surface area contributed by atoms with Gasteiger partial charge in [-0.15, -0.1) is 11.6 Å². The molecule has 4 nitrogen and oxygen atoms in total. The van der Waals surface area contributed by atoms with Gasteiger partial charge in [0, 0.05) is 5.69 Å². The van der Waals surface area contributed by atoms with Gasteiger partial charge in [-0.2, -0.15) is 18.3 Å². The Hall–Kier alpha value is -2.02. The number of halogens is 4. The van der Waals surface area contributed by atoms with Gasteiger partial charge in [0.05, 0.1) is 17.1 Å². The van der Waals surface area contributed by atoms with Crippen molar-refractivity contribution in [3.63, 3.8) is 0 Å². The van der Waals surface area contributed by atoms with E-state index in [0.717, 1.165) is 12.0 Å². The van der Waals surface area contributed by atoms with Crippen LogP contribution in [0.5, 0.6) is 0 Å². The topological polar surface area (TPSA) is 57.8 Å². The lowest BCUT2D eigenvalue weighted by atomic mass is 9.82. The van der Waals surface area contributed by atoms with Crippen LogP contribution in [0.4, 0.5) is 18.9 Å². The fourth-order valence-electron chi connectivity index (χ4n) is 3.18. The van der Waals surface area contributed by atoms with Crippen molar-refractivity contribution in [2.45, 2.75) is 52.1 Å². The van der Waals surface area contributed by atoms with E-state index in [1.54, 1.807) is 12.1 Å². The van der Waals surface area contributed by atoms with Gasteiger partial charge < -0.3 is 5.32 Å². The molecule has 1 aromatic carbocycles. The van der Waals surface area contributed by atoms with Crippen molar-refractivity contribution in [1.82, 2.24) is 10.2 Å². The second-order valence-electron chi connectivity index (χ2n) is 7.76. The highest BCUT2D eigenvalue weighted by Gasteiger charge is 2.40. The standard InChI is InChI=1S/C19H23ClF3N3O/c1-11(9-18(2,3)4)12-7-5-6-8-13(12)24-17(27)15-14(10-20)25-26-16(15)19(21,22)23/h5-8,11H,9-10H2,1-4H3,(H,24,27)(H,25,26). The van der Waals surface area contributed by atoms with Crippen molar-refractivity contribution in [2.75, 3.05) is 5.32 Å². The molecule has 27 heavy (non-hydrogen) atoms. The zero-order valence-electron chi connectivity index (χ0n) is 15.7. The summed E-state index contributed by atoms with van der Waals surface area (Å²) in [5.74, 6) is -1.06. The second kappa shape index (κ2) is 7.92. The molecule has 1 unspecified atom stereocenters. The van der Waals surface area contributed by atoms with Gasteiger partial charge in [-0.3, -0.25) is 9.89 Å². The summed E-state index contributed by atoms with van der Waals surface area (Å²) in [4.78, 5) is 12.7. The summed E-state index contributed by atoms with van der Waals surface area (Å²) in [6, 6.07) is 7.12. The molecule has 0 aliphatic heterocycles. The second-order valence-corrected chi connectivity index (χ2v) is 8.03. The lowest BCUT2D eigenvalue weighted by Crippen LogP contribution is -2.20. The van der Waals surface area contributed by atoms with Crippen molar-refractivity contribution in [3.05, 3.63) is 46.8 Å². The van der Waals surface area contributed by atoms with E-state index in [9.17, 15) is 18.0 Å². The monoisotopic (exact) mass is 401 g/mol. The van der Waals surface area contributed by atoms with Crippen LogP contribution >= 0.6 is 11.6 Å². The highest BCUT2D eigenvalue weighted by molar-refractivity contribution is 6.18. The number of alkyl halides is 4. The number of amides is 1. The molecule has 1 amide bonds. The molecule has 148 valence electrons. The zero-order chi connectivity index (χ0) is 20.4. The van der Waals surface area contributed by atoms with E-state index in [1.807, 2.05) is 19.1 Å². The van der Waals surface area contributed by atoms with E-state index in [4.69, 9.17) is 11.6 Å². The van der Waals surface area contributed by atoms with E-state index in [0.29, 0.717) is 5.69 Å². The molecule has 0 saturated heterocycles. The Morgan fingerprint density at radius 3 is 2.44 bits per heavy atom. The molecular formula is C19H23ClF3N3O. The van der Waals surface area contributed by atoms with E-state index < -0.39 is 23.3 Å². The summed E-state index contributed by atoms with van der Waals surface area (Å²) in [6.45, 7) is 8.36. The summed E-state index contributed by atoms with van der Waals surface area (Å²) >= 11 is 5.68. The summed E-state index contributed by atoms with van der Waals surface area (Å²) in [5.41, 5.74) is -0.496. The molecule has 1 aromatic heterocycles. The average molecular weight is 402 g/mol. The van der Waals surface area contributed by atoms with E-state index in [2.05, 4.69) is 36.3 Å². The smallest absolute Gasteiger partial charge is 0.322 e. The van der Waals surface area contributed by atoms with Gasteiger partial charge in [0.15, 0.2) is 5.69 Å². The highest BCUT2D eigenvalue weighted by Crippen LogP contribution is 2.36. The Morgan fingerprint density at radius 1 is 1.26 bits per heavy atom. The molecule has 2 rings (SSSR count). The number of hydrogen-bond donors (Lipinski definition) is 2. The summed E-state index contributed by atoms with van der Waals surface area (Å²) < 4.78 is 39.6. The Balaban J connectivity index is 2.37. The number of benzene rings is 1. The maximum Gasteiger partial charge on any atom is 0.435 e. The maximum absolute atomic E-state index is 13.2. The normalized spacial score (nSPS) is 13.5. The molecule has 2 N–H and O–H groups in total. The molecule has 1 heterocycles. The molecule has 0 fully saturated rings. The van der Waals surface area contributed by atoms with Crippen LogP contribution in [0.1, 0.15) is 67.3 Å². The van der Waals surface area contributed by atoms with Gasteiger partial charge in [-0.25, -0.2) is 0 Å². The quantitative estimate of drug-likeness (QED) is 0.607. The van der Waals surface area contributed by atoms with Crippen LogP contribution in [-0.4, -0.2) is 16.1 Å². The Bertz CT molecular complexity index is 809. The van der Waals surface area contributed by atoms with Crippen molar-refractivity contribution >= 4 is 23.2 Å². The van der Waals surface area contributed by atoms with Gasteiger partial charge in [0.25, 0.3) is 5.91 Å². The third-order valence-corrected chi connectivity index (χ3v) is 4.40. The van der Waals surface area contributed by atoms with Crippen LogP contribution < -0.4 is 5.32 Å². The van der Waals surface area contributed by atoms with E-state index in [1.165, 1.54) is 0 Å². The van der Waals surface area contributed by atoms with Crippen LogP contribution in [0.15, 0.2) is 24.3 Å². The summed E-state index contributed by atoms with van der Waals surface area (Å²) in [5, 5.41) is 8.04. The van der Waals surface area contributed by atoms with Crippen molar-refractivity contribution in [1.29, 1.82) is 0 Å². The molecule has 8 heteroatoms. The number of para-hydroxylation sites is 1. The number of H-pyrrole nitrogens is 1. The largest absolute Gasteiger partial charge is 0.435 e. The van der Waals surface area contributed by atoms with Crippen molar-refractivity contribution < 1.29 is 18.0 Å². The maximum atomic E-state index is 13.2. The zero-order valence-corrected chi connectivity index (χ0v) is 16.4. The number of hydrogen-bond acceptors (Lipinski definition) is 2. The Labute approximate surface area is 161 Å². The first-order chi connectivity index (χ1) is 12.4. The minimum absolute atomic E-state index is 0.0658. The summed E-state index contributed by atoms with van der Waals surface area (Å²) in [6.07, 6.45) is -3.90. The van der Waals surface area contributed by atoms with Crippen LogP contribution in [0.2, 0.25) is 0 Å². The molecule has 0 spiro atoms. The fourth-order valence-corrected chi connectivity index (χ4v) is 3.37. The fraction of sp³-hybridized carbons (Fsp3) is 0.474. The summed E-state index contributed by atoms with van der Waals surface area (Å²) in [7, 11) is 0. The predicted molar refractivity (Wildman–Crippen MR) is 100 cm³/mol. The lowest BCUT2D eigenvalue weighted by Gasteiger charge is -2.25. The first-order valence-corrected chi connectivity index (χ1v) is 9.08. The average Bonchev–Trinajstić information content (AvgIpc) is 2.98. The minimum atomic E-state index is -4.76. The van der Waals surface area contributed by atoms with Gasteiger partial charge in [-0.1, -0.05) is 45.9 Å². The van der Waals surface area contributed by atoms with Gasteiger partial charge in [0.1, 0.15) is 0 Å². The van der Waals surface area contributed by atoms with Crippen LogP contribution in [-0.2, 0) is 12.1 Å².